The molecular formula is C14H24O8S. The lowest BCUT2D eigenvalue weighted by Gasteiger charge is -2.26. The van der Waals surface area contributed by atoms with Gasteiger partial charge in [-0.25, -0.2) is 0 Å². The van der Waals surface area contributed by atoms with E-state index < -0.39 is 40.0 Å². The second-order valence-electron chi connectivity index (χ2n) is 7.06. The zero-order valence-electron chi connectivity index (χ0n) is 14.0. The minimum atomic E-state index is -3.56. The Morgan fingerprint density at radius 1 is 1.00 bits per heavy atom. The Balaban J connectivity index is 1.74. The molecule has 0 aliphatic carbocycles. The lowest BCUT2D eigenvalue weighted by molar-refractivity contribution is -0.208. The van der Waals surface area contributed by atoms with Gasteiger partial charge in [-0.3, -0.25) is 4.18 Å². The molecule has 0 amide bonds. The van der Waals surface area contributed by atoms with Gasteiger partial charge in [0.05, 0.1) is 19.5 Å². The maximum atomic E-state index is 11.2. The van der Waals surface area contributed by atoms with E-state index in [9.17, 15) is 8.42 Å². The standard InChI is InChI=1S/C14H24O8S/c1-13(2)17-6-9(20-13)10-12-11(21-14(3,4)22-12)8(19-10)7-18-23(5,15)16/h8-12H,6-7H2,1-5H3/t8-,9-,10-,11-,12+/m1/s1. The molecule has 0 N–H and O–H groups in total. The predicted octanol–water partition coefficient (Wildman–Crippen LogP) is 0.402. The van der Waals surface area contributed by atoms with Crippen LogP contribution in [-0.4, -0.2) is 70.0 Å². The van der Waals surface area contributed by atoms with E-state index in [4.69, 9.17) is 27.9 Å². The van der Waals surface area contributed by atoms with Crippen LogP contribution in [0.4, 0.5) is 0 Å². The SMILES string of the molecule is CC1(C)O[C@@H]2[C@H](O1)[C@@H](COS(C)(=O)=O)O[C@@H]2[C@H]1COC(C)(C)O1. The fraction of sp³-hybridized carbons (Fsp3) is 1.00. The first-order chi connectivity index (χ1) is 10.5. The zero-order chi connectivity index (χ0) is 17.0. The maximum Gasteiger partial charge on any atom is 0.264 e. The molecule has 3 aliphatic heterocycles. The first kappa shape index (κ1) is 17.5. The number of hydrogen-bond donors (Lipinski definition) is 0. The summed E-state index contributed by atoms with van der Waals surface area (Å²) < 4.78 is 56.6. The van der Waals surface area contributed by atoms with Crippen molar-refractivity contribution in [2.75, 3.05) is 19.5 Å². The van der Waals surface area contributed by atoms with Crippen molar-refractivity contribution in [2.24, 2.45) is 0 Å². The van der Waals surface area contributed by atoms with Crippen LogP contribution in [0.25, 0.3) is 0 Å². The van der Waals surface area contributed by atoms with Crippen molar-refractivity contribution in [3.63, 3.8) is 0 Å². The maximum absolute atomic E-state index is 11.2. The van der Waals surface area contributed by atoms with Crippen molar-refractivity contribution in [3.8, 4) is 0 Å². The molecule has 5 atom stereocenters. The molecule has 0 aromatic heterocycles. The zero-order valence-corrected chi connectivity index (χ0v) is 14.8. The molecule has 0 aromatic rings. The monoisotopic (exact) mass is 352 g/mol. The van der Waals surface area contributed by atoms with Gasteiger partial charge < -0.3 is 23.7 Å². The lowest BCUT2D eigenvalue weighted by atomic mass is 10.0. The van der Waals surface area contributed by atoms with E-state index in [0.29, 0.717) is 6.61 Å². The normalized spacial score (nSPS) is 42.0. The average molecular weight is 352 g/mol. The van der Waals surface area contributed by atoms with E-state index in [1.54, 1.807) is 0 Å². The highest BCUT2D eigenvalue weighted by atomic mass is 32.2. The van der Waals surface area contributed by atoms with Gasteiger partial charge >= 0.3 is 0 Å². The highest BCUT2D eigenvalue weighted by Gasteiger charge is 2.59. The van der Waals surface area contributed by atoms with Gasteiger partial charge in [0, 0.05) is 0 Å². The Morgan fingerprint density at radius 3 is 2.22 bits per heavy atom. The molecule has 0 aromatic carbocycles. The van der Waals surface area contributed by atoms with Gasteiger partial charge in [-0.15, -0.1) is 0 Å². The van der Waals surface area contributed by atoms with Crippen molar-refractivity contribution in [1.82, 2.24) is 0 Å². The third-order valence-electron chi connectivity index (χ3n) is 4.03. The predicted molar refractivity (Wildman–Crippen MR) is 78.2 cm³/mol. The van der Waals surface area contributed by atoms with Crippen LogP contribution >= 0.6 is 0 Å². The van der Waals surface area contributed by atoms with Crippen LogP contribution in [-0.2, 0) is 38.0 Å². The van der Waals surface area contributed by atoms with Gasteiger partial charge in [0.25, 0.3) is 10.1 Å². The molecule has 9 heteroatoms. The van der Waals surface area contributed by atoms with Crippen LogP contribution in [0, 0.1) is 0 Å². The van der Waals surface area contributed by atoms with Crippen LogP contribution < -0.4 is 0 Å². The summed E-state index contributed by atoms with van der Waals surface area (Å²) >= 11 is 0. The van der Waals surface area contributed by atoms with Gasteiger partial charge in [0.15, 0.2) is 11.6 Å². The smallest absolute Gasteiger partial charge is 0.264 e. The highest BCUT2D eigenvalue weighted by molar-refractivity contribution is 7.85. The lowest BCUT2D eigenvalue weighted by Crippen LogP contribution is -2.40. The summed E-state index contributed by atoms with van der Waals surface area (Å²) in [6.07, 6.45) is -1.03. The molecule has 23 heavy (non-hydrogen) atoms. The molecule has 0 unspecified atom stereocenters. The van der Waals surface area contributed by atoms with Crippen molar-refractivity contribution >= 4 is 10.1 Å². The molecule has 134 valence electrons. The Bertz CT molecular complexity index is 557. The van der Waals surface area contributed by atoms with E-state index in [2.05, 4.69) is 0 Å². The van der Waals surface area contributed by atoms with Crippen LogP contribution in [0.1, 0.15) is 27.7 Å². The van der Waals surface area contributed by atoms with Gasteiger partial charge in [-0.1, -0.05) is 0 Å². The van der Waals surface area contributed by atoms with Gasteiger partial charge in [0.2, 0.25) is 0 Å². The molecule has 3 heterocycles. The minimum Gasteiger partial charge on any atom is -0.364 e. The summed E-state index contributed by atoms with van der Waals surface area (Å²) in [6, 6.07) is 0. The molecule has 3 fully saturated rings. The summed E-state index contributed by atoms with van der Waals surface area (Å²) in [7, 11) is -3.56. The number of ether oxygens (including phenoxy) is 5. The van der Waals surface area contributed by atoms with Crippen molar-refractivity contribution in [3.05, 3.63) is 0 Å². The first-order valence-electron chi connectivity index (χ1n) is 7.63. The topological polar surface area (TPSA) is 89.5 Å². The largest absolute Gasteiger partial charge is 0.364 e. The van der Waals surface area contributed by atoms with E-state index >= 15 is 0 Å². The quantitative estimate of drug-likeness (QED) is 0.672. The second kappa shape index (κ2) is 5.62. The second-order valence-corrected chi connectivity index (χ2v) is 8.70. The number of fused-ring (bicyclic) bond motifs is 1. The Kier molecular flexibility index (Phi) is 4.28. The summed E-state index contributed by atoms with van der Waals surface area (Å²) in [5.41, 5.74) is 0. The van der Waals surface area contributed by atoms with E-state index in [1.165, 1.54) is 0 Å². The summed E-state index contributed by atoms with van der Waals surface area (Å²) in [5.74, 6) is -1.45. The molecular weight excluding hydrogens is 328 g/mol. The molecule has 8 nitrogen and oxygen atoms in total. The van der Waals surface area contributed by atoms with Gasteiger partial charge in [-0.05, 0) is 27.7 Å². The van der Waals surface area contributed by atoms with Crippen molar-refractivity contribution < 1.29 is 36.3 Å². The van der Waals surface area contributed by atoms with Crippen molar-refractivity contribution in [1.29, 1.82) is 0 Å². The molecule has 3 rings (SSSR count). The van der Waals surface area contributed by atoms with Gasteiger partial charge in [-0.2, -0.15) is 8.42 Å². The Hall–Kier alpha value is -0.290. The number of hydrogen-bond acceptors (Lipinski definition) is 8. The third kappa shape index (κ3) is 3.87. The summed E-state index contributed by atoms with van der Waals surface area (Å²) in [5, 5.41) is 0. The van der Waals surface area contributed by atoms with Crippen LogP contribution in [0.3, 0.4) is 0 Å². The minimum absolute atomic E-state index is 0.118. The molecule has 0 saturated carbocycles. The first-order valence-corrected chi connectivity index (χ1v) is 9.45. The van der Waals surface area contributed by atoms with Crippen LogP contribution in [0.15, 0.2) is 0 Å². The molecule has 0 radical (unpaired) electrons. The third-order valence-corrected chi connectivity index (χ3v) is 4.59. The number of rotatable bonds is 4. The van der Waals surface area contributed by atoms with Crippen LogP contribution in [0.2, 0.25) is 0 Å². The average Bonchev–Trinajstić information content (AvgIpc) is 2.97. The Labute approximate surface area is 136 Å². The van der Waals surface area contributed by atoms with E-state index in [-0.39, 0.29) is 18.8 Å². The van der Waals surface area contributed by atoms with Gasteiger partial charge in [0.1, 0.15) is 30.5 Å². The fourth-order valence-corrected chi connectivity index (χ4v) is 3.60. The summed E-state index contributed by atoms with van der Waals surface area (Å²) in [6.45, 7) is 7.55. The molecule has 0 bridgehead atoms. The summed E-state index contributed by atoms with van der Waals surface area (Å²) in [4.78, 5) is 0. The van der Waals surface area contributed by atoms with Crippen LogP contribution in [0.5, 0.6) is 0 Å². The highest BCUT2D eigenvalue weighted by Crippen LogP contribution is 2.42. The Morgan fingerprint density at radius 2 is 1.65 bits per heavy atom. The van der Waals surface area contributed by atoms with E-state index in [0.717, 1.165) is 6.26 Å². The van der Waals surface area contributed by atoms with E-state index in [1.807, 2.05) is 27.7 Å². The molecule has 3 saturated heterocycles. The fourth-order valence-electron chi connectivity index (χ4n) is 3.22. The van der Waals surface area contributed by atoms with Crippen molar-refractivity contribution in [2.45, 2.75) is 69.8 Å². The molecule has 0 spiro atoms. The molecule has 3 aliphatic rings.